The van der Waals surface area contributed by atoms with Crippen molar-refractivity contribution in [3.63, 3.8) is 0 Å². The van der Waals surface area contributed by atoms with Crippen molar-refractivity contribution < 1.29 is 0 Å². The summed E-state index contributed by atoms with van der Waals surface area (Å²) in [6.45, 7) is 2.16. The van der Waals surface area contributed by atoms with Crippen LogP contribution in [-0.4, -0.2) is 9.97 Å². The van der Waals surface area contributed by atoms with Crippen LogP contribution >= 0.6 is 0 Å². The van der Waals surface area contributed by atoms with Gasteiger partial charge in [0.2, 0.25) is 0 Å². The van der Waals surface area contributed by atoms with Gasteiger partial charge in [-0.25, -0.2) is 0 Å². The second-order valence-electron chi connectivity index (χ2n) is 11.1. The highest BCUT2D eigenvalue weighted by Crippen LogP contribution is 2.44. The number of aromatic nitrogens is 2. The van der Waals surface area contributed by atoms with Crippen molar-refractivity contribution >= 4 is 32.3 Å². The molecule has 0 radical (unpaired) electrons. The molecule has 202 valence electrons. The Morgan fingerprint density at radius 3 is 1.65 bits per heavy atom. The van der Waals surface area contributed by atoms with E-state index in [0.29, 0.717) is 0 Å². The zero-order valence-electron chi connectivity index (χ0n) is 23.8. The van der Waals surface area contributed by atoms with Crippen molar-refractivity contribution in [1.29, 1.82) is 0 Å². The summed E-state index contributed by atoms with van der Waals surface area (Å²) in [6.07, 6.45) is 3.72. The molecule has 0 amide bonds. The molecule has 0 aliphatic heterocycles. The highest BCUT2D eigenvalue weighted by atomic mass is 14.7. The van der Waals surface area contributed by atoms with E-state index < -0.39 is 0 Å². The maximum atomic E-state index is 4.83. The fourth-order valence-corrected chi connectivity index (χ4v) is 6.36. The van der Waals surface area contributed by atoms with Gasteiger partial charge in [-0.15, -0.1) is 0 Å². The van der Waals surface area contributed by atoms with Crippen LogP contribution in [0.3, 0.4) is 0 Å². The quantitative estimate of drug-likeness (QED) is 0.204. The summed E-state index contributed by atoms with van der Waals surface area (Å²) in [5, 5.41) is 7.53. The van der Waals surface area contributed by atoms with Crippen molar-refractivity contribution in [1.82, 2.24) is 9.97 Å². The summed E-state index contributed by atoms with van der Waals surface area (Å²) in [4.78, 5) is 9.30. The first-order valence-electron chi connectivity index (χ1n) is 14.7. The minimum atomic E-state index is 0.926. The average molecular weight is 549 g/mol. The van der Waals surface area contributed by atoms with Crippen molar-refractivity contribution in [2.75, 3.05) is 0 Å². The fourth-order valence-electron chi connectivity index (χ4n) is 6.36. The van der Waals surface area contributed by atoms with E-state index in [1.807, 2.05) is 30.6 Å². The molecule has 0 fully saturated rings. The Labute approximate surface area is 251 Å². The van der Waals surface area contributed by atoms with Gasteiger partial charge in [-0.3, -0.25) is 9.97 Å². The van der Waals surface area contributed by atoms with Crippen molar-refractivity contribution in [2.24, 2.45) is 0 Å². The first-order chi connectivity index (χ1) is 21.2. The number of benzene rings is 6. The zero-order valence-corrected chi connectivity index (χ0v) is 23.8. The molecule has 0 aliphatic rings. The largest absolute Gasteiger partial charge is 0.256 e. The molecular weight excluding hydrogens is 520 g/mol. The number of hydrogen-bond donors (Lipinski definition) is 0. The van der Waals surface area contributed by atoms with E-state index in [1.165, 1.54) is 60.1 Å². The summed E-state index contributed by atoms with van der Waals surface area (Å²) >= 11 is 0. The third-order valence-electron chi connectivity index (χ3n) is 8.39. The van der Waals surface area contributed by atoms with Crippen LogP contribution in [0.15, 0.2) is 152 Å². The van der Waals surface area contributed by atoms with Gasteiger partial charge in [-0.1, -0.05) is 109 Å². The van der Waals surface area contributed by atoms with Gasteiger partial charge in [-0.2, -0.15) is 0 Å². The molecule has 2 aromatic heterocycles. The number of hydrogen-bond acceptors (Lipinski definition) is 2. The first-order valence-corrected chi connectivity index (χ1v) is 14.7. The third-order valence-corrected chi connectivity index (χ3v) is 8.39. The van der Waals surface area contributed by atoms with Crippen LogP contribution < -0.4 is 0 Å². The second kappa shape index (κ2) is 10.3. The Bertz CT molecular complexity index is 2230. The molecule has 0 saturated heterocycles. The van der Waals surface area contributed by atoms with Crippen molar-refractivity contribution in [2.45, 2.75) is 6.92 Å². The maximum absolute atomic E-state index is 4.83. The van der Waals surface area contributed by atoms with Gasteiger partial charge in [0.25, 0.3) is 0 Å². The number of rotatable bonds is 4. The lowest BCUT2D eigenvalue weighted by Crippen LogP contribution is -1.92. The van der Waals surface area contributed by atoms with Gasteiger partial charge < -0.3 is 0 Å². The predicted molar refractivity (Wildman–Crippen MR) is 181 cm³/mol. The van der Waals surface area contributed by atoms with Crippen LogP contribution in [-0.2, 0) is 0 Å². The topological polar surface area (TPSA) is 25.8 Å². The summed E-state index contributed by atoms with van der Waals surface area (Å²) in [7, 11) is 0. The molecule has 0 bridgehead atoms. The van der Waals surface area contributed by atoms with Gasteiger partial charge in [0.15, 0.2) is 0 Å². The molecule has 0 spiro atoms. The van der Waals surface area contributed by atoms with Gasteiger partial charge in [0.1, 0.15) is 0 Å². The van der Waals surface area contributed by atoms with E-state index in [9.17, 15) is 0 Å². The van der Waals surface area contributed by atoms with Crippen molar-refractivity contribution in [3.05, 3.63) is 157 Å². The molecule has 2 nitrogen and oxygen atoms in total. The van der Waals surface area contributed by atoms with Crippen LogP contribution in [0.2, 0.25) is 0 Å². The van der Waals surface area contributed by atoms with E-state index in [-0.39, 0.29) is 0 Å². The molecule has 6 aromatic carbocycles. The third kappa shape index (κ3) is 4.45. The normalized spacial score (nSPS) is 11.4. The van der Waals surface area contributed by atoms with Crippen LogP contribution in [0.1, 0.15) is 5.56 Å². The van der Waals surface area contributed by atoms with E-state index >= 15 is 0 Å². The van der Waals surface area contributed by atoms with Gasteiger partial charge in [0.05, 0.1) is 11.4 Å². The minimum absolute atomic E-state index is 0.926. The van der Waals surface area contributed by atoms with Crippen LogP contribution in [0.5, 0.6) is 0 Å². The van der Waals surface area contributed by atoms with Crippen LogP contribution in [0, 0.1) is 6.92 Å². The summed E-state index contributed by atoms with van der Waals surface area (Å²) in [6, 6.07) is 50.1. The molecule has 43 heavy (non-hydrogen) atoms. The number of pyridine rings is 2. The number of nitrogens with zero attached hydrogens (tertiary/aromatic N) is 2. The SMILES string of the molecule is Cc1ccc2ccc(-c3c4ccccc4c(-c4cccc(-c5ccc(-c6ccccn6)cn5)c4)c4ccccc34)cc2c1. The average Bonchev–Trinajstić information content (AvgIpc) is 3.07. The molecular formula is C41H28N2. The molecule has 0 aliphatic carbocycles. The highest BCUT2D eigenvalue weighted by Gasteiger charge is 2.17. The summed E-state index contributed by atoms with van der Waals surface area (Å²) in [5.74, 6) is 0. The fraction of sp³-hybridized carbons (Fsp3) is 0.0244. The number of aryl methyl sites for hydroxylation is 1. The molecule has 2 heteroatoms. The Morgan fingerprint density at radius 2 is 1.00 bits per heavy atom. The first kappa shape index (κ1) is 25.1. The molecule has 0 atom stereocenters. The minimum Gasteiger partial charge on any atom is -0.256 e. The lowest BCUT2D eigenvalue weighted by molar-refractivity contribution is 1.28. The predicted octanol–water partition coefficient (Wildman–Crippen LogP) is 10.9. The standard InChI is InChI=1S/C41H28N2/c1-27-16-17-28-18-19-31(25-33(28)23-27)41-36-13-4-2-11-34(36)40(35-12-3-5-14-37(35)41)30-10-8-9-29(24-30)39-21-20-32(26-43-39)38-15-6-7-22-42-38/h2-26H,1H3. The lowest BCUT2D eigenvalue weighted by Gasteiger charge is -2.18. The summed E-state index contributed by atoms with van der Waals surface area (Å²) < 4.78 is 0. The van der Waals surface area contributed by atoms with E-state index in [2.05, 4.69) is 133 Å². The Kier molecular flexibility index (Phi) is 6.05. The smallest absolute Gasteiger partial charge is 0.0717 e. The molecule has 2 heterocycles. The highest BCUT2D eigenvalue weighted by molar-refractivity contribution is 6.21. The van der Waals surface area contributed by atoms with Crippen molar-refractivity contribution in [3.8, 4) is 44.8 Å². The Balaban J connectivity index is 1.32. The second-order valence-corrected chi connectivity index (χ2v) is 11.1. The Hall–Kier alpha value is -5.60. The van der Waals surface area contributed by atoms with Gasteiger partial charge in [-0.05, 0) is 97.9 Å². The van der Waals surface area contributed by atoms with E-state index in [4.69, 9.17) is 4.98 Å². The molecule has 0 N–H and O–H groups in total. The molecule has 0 saturated carbocycles. The zero-order chi connectivity index (χ0) is 28.8. The maximum Gasteiger partial charge on any atom is 0.0717 e. The molecule has 8 rings (SSSR count). The van der Waals surface area contributed by atoms with Gasteiger partial charge in [0, 0.05) is 23.5 Å². The Morgan fingerprint density at radius 1 is 0.395 bits per heavy atom. The molecule has 8 aromatic rings. The van der Waals surface area contributed by atoms with E-state index in [1.54, 1.807) is 0 Å². The molecule has 0 unspecified atom stereocenters. The van der Waals surface area contributed by atoms with E-state index in [0.717, 1.165) is 22.5 Å². The monoisotopic (exact) mass is 548 g/mol. The van der Waals surface area contributed by atoms with Crippen LogP contribution in [0.4, 0.5) is 0 Å². The van der Waals surface area contributed by atoms with Gasteiger partial charge >= 0.3 is 0 Å². The van der Waals surface area contributed by atoms with Crippen LogP contribution in [0.25, 0.3) is 77.1 Å². The summed E-state index contributed by atoms with van der Waals surface area (Å²) in [5.41, 5.74) is 10.2. The number of fused-ring (bicyclic) bond motifs is 3. The lowest BCUT2D eigenvalue weighted by atomic mass is 9.85.